The van der Waals surface area contributed by atoms with E-state index in [1.807, 2.05) is 11.4 Å². The predicted octanol–water partition coefficient (Wildman–Crippen LogP) is 1.65. The first-order chi connectivity index (χ1) is 4.36. The van der Waals surface area contributed by atoms with Crippen molar-refractivity contribution in [3.8, 4) is 0 Å². The van der Waals surface area contributed by atoms with Gasteiger partial charge in [-0.15, -0.1) is 11.3 Å². The van der Waals surface area contributed by atoms with Gasteiger partial charge in [-0.1, -0.05) is 11.3 Å². The molecule has 9 heavy (non-hydrogen) atoms. The molecule has 0 fully saturated rings. The van der Waals surface area contributed by atoms with E-state index in [2.05, 4.69) is 4.98 Å². The summed E-state index contributed by atoms with van der Waals surface area (Å²) < 4.78 is 1.08. The van der Waals surface area contributed by atoms with E-state index >= 15 is 0 Å². The monoisotopic (exact) mass is 157 g/mol. The van der Waals surface area contributed by atoms with Gasteiger partial charge in [-0.25, -0.2) is 0 Å². The standard InChI is InChI=1S/C5H3NOS2/c7-5-6-3-1-2-8-4(3)9-5/h1-2H,(H,6,7). The second kappa shape index (κ2) is 1.68. The molecule has 2 rings (SSSR count). The molecule has 0 aromatic carbocycles. The van der Waals surface area contributed by atoms with Crippen molar-refractivity contribution in [2.24, 2.45) is 0 Å². The summed E-state index contributed by atoms with van der Waals surface area (Å²) in [4.78, 5) is 13.4. The summed E-state index contributed by atoms with van der Waals surface area (Å²) in [6.45, 7) is 0. The number of nitrogens with one attached hydrogen (secondary N) is 1. The van der Waals surface area contributed by atoms with Gasteiger partial charge < -0.3 is 4.98 Å². The maximum atomic E-state index is 10.6. The summed E-state index contributed by atoms with van der Waals surface area (Å²) in [6.07, 6.45) is 0. The van der Waals surface area contributed by atoms with Crippen molar-refractivity contribution in [1.82, 2.24) is 4.98 Å². The third-order valence-electron chi connectivity index (χ3n) is 1.05. The minimum atomic E-state index is 0.0388. The first kappa shape index (κ1) is 5.20. The quantitative estimate of drug-likeness (QED) is 0.619. The van der Waals surface area contributed by atoms with Gasteiger partial charge >= 0.3 is 4.87 Å². The SMILES string of the molecule is O=c1[nH]c2ccsc2s1. The Morgan fingerprint density at radius 3 is 3.22 bits per heavy atom. The fraction of sp³-hybridized carbons (Fsp3) is 0. The maximum Gasteiger partial charge on any atom is 0.306 e. The van der Waals surface area contributed by atoms with Crippen LogP contribution in [0.1, 0.15) is 0 Å². The van der Waals surface area contributed by atoms with Crippen LogP contribution in [0, 0.1) is 0 Å². The second-order valence-corrected chi connectivity index (χ2v) is 3.79. The highest BCUT2D eigenvalue weighted by molar-refractivity contribution is 7.36. The van der Waals surface area contributed by atoms with Crippen molar-refractivity contribution < 1.29 is 0 Å². The van der Waals surface area contributed by atoms with Gasteiger partial charge in [0.2, 0.25) is 0 Å². The van der Waals surface area contributed by atoms with Crippen LogP contribution >= 0.6 is 22.7 Å². The molecule has 0 radical (unpaired) electrons. The molecule has 2 nitrogen and oxygen atoms in total. The average Bonchev–Trinajstić information content (AvgIpc) is 2.22. The van der Waals surface area contributed by atoms with E-state index in [1.165, 1.54) is 11.3 Å². The lowest BCUT2D eigenvalue weighted by atomic mass is 10.6. The number of thiophene rings is 1. The number of H-pyrrole nitrogens is 1. The third kappa shape index (κ3) is 0.710. The average molecular weight is 157 g/mol. The zero-order valence-corrected chi connectivity index (χ0v) is 6.01. The highest BCUT2D eigenvalue weighted by atomic mass is 32.2. The molecule has 2 aromatic heterocycles. The number of thiazole rings is 1. The Labute approximate surface area is 58.8 Å². The van der Waals surface area contributed by atoms with Gasteiger partial charge in [-0.3, -0.25) is 4.79 Å². The molecule has 0 saturated carbocycles. The smallest absolute Gasteiger partial charge is 0.306 e. The minimum absolute atomic E-state index is 0.0388. The van der Waals surface area contributed by atoms with Crippen molar-refractivity contribution in [3.05, 3.63) is 21.1 Å². The van der Waals surface area contributed by atoms with Crippen LogP contribution in [0.4, 0.5) is 0 Å². The molecule has 2 aromatic rings. The van der Waals surface area contributed by atoms with E-state index in [0.29, 0.717) is 0 Å². The molecule has 4 heteroatoms. The van der Waals surface area contributed by atoms with Crippen molar-refractivity contribution in [3.63, 3.8) is 0 Å². The summed E-state index contributed by atoms with van der Waals surface area (Å²) in [5.41, 5.74) is 0.968. The molecule has 0 saturated heterocycles. The van der Waals surface area contributed by atoms with Crippen LogP contribution in [0.2, 0.25) is 0 Å². The normalized spacial score (nSPS) is 10.7. The van der Waals surface area contributed by atoms with E-state index in [4.69, 9.17) is 0 Å². The molecule has 0 amide bonds. The fourth-order valence-corrected chi connectivity index (χ4v) is 2.41. The Morgan fingerprint density at radius 1 is 1.56 bits per heavy atom. The van der Waals surface area contributed by atoms with Gasteiger partial charge in [0.15, 0.2) is 0 Å². The number of fused-ring (bicyclic) bond motifs is 1. The third-order valence-corrected chi connectivity index (χ3v) is 2.99. The van der Waals surface area contributed by atoms with Gasteiger partial charge in [0.1, 0.15) is 4.01 Å². The highest BCUT2D eigenvalue weighted by Crippen LogP contribution is 2.19. The molecule has 0 aliphatic carbocycles. The van der Waals surface area contributed by atoms with Crippen LogP contribution in [0.5, 0.6) is 0 Å². The van der Waals surface area contributed by atoms with Crippen molar-refractivity contribution in [2.75, 3.05) is 0 Å². The van der Waals surface area contributed by atoms with Gasteiger partial charge in [0.25, 0.3) is 0 Å². The van der Waals surface area contributed by atoms with E-state index in [-0.39, 0.29) is 4.87 Å². The molecule has 2 heterocycles. The summed E-state index contributed by atoms with van der Waals surface area (Å²) >= 11 is 2.86. The number of rotatable bonds is 0. The summed E-state index contributed by atoms with van der Waals surface area (Å²) in [6, 6.07) is 1.91. The van der Waals surface area contributed by atoms with E-state index < -0.39 is 0 Å². The Hall–Kier alpha value is -0.610. The molecule has 0 unspecified atom stereocenters. The van der Waals surface area contributed by atoms with Crippen LogP contribution in [0.3, 0.4) is 0 Å². The Bertz CT molecular complexity index is 338. The summed E-state index contributed by atoms with van der Waals surface area (Å²) in [5, 5.41) is 1.97. The predicted molar refractivity (Wildman–Crippen MR) is 40.3 cm³/mol. The molecular formula is C5H3NOS2. The first-order valence-corrected chi connectivity index (χ1v) is 4.12. The molecule has 0 atom stereocenters. The van der Waals surface area contributed by atoms with Crippen LogP contribution in [-0.2, 0) is 0 Å². The minimum Gasteiger partial charge on any atom is -0.311 e. The van der Waals surface area contributed by atoms with Crippen LogP contribution in [0.15, 0.2) is 16.2 Å². The second-order valence-electron chi connectivity index (χ2n) is 1.64. The zero-order valence-electron chi connectivity index (χ0n) is 4.38. The number of hydrogen-bond donors (Lipinski definition) is 1. The lowest BCUT2D eigenvalue weighted by Gasteiger charge is -1.64. The Morgan fingerprint density at radius 2 is 2.44 bits per heavy atom. The molecular weight excluding hydrogens is 154 g/mol. The molecule has 0 spiro atoms. The molecule has 0 aliphatic heterocycles. The van der Waals surface area contributed by atoms with Crippen LogP contribution < -0.4 is 4.87 Å². The number of aromatic amines is 1. The highest BCUT2D eigenvalue weighted by Gasteiger charge is 1.96. The van der Waals surface area contributed by atoms with E-state index in [1.54, 1.807) is 11.3 Å². The van der Waals surface area contributed by atoms with Gasteiger partial charge in [0.05, 0.1) is 5.52 Å². The van der Waals surface area contributed by atoms with Crippen molar-refractivity contribution in [1.29, 1.82) is 0 Å². The lowest BCUT2D eigenvalue weighted by Crippen LogP contribution is -1.89. The van der Waals surface area contributed by atoms with Crippen LogP contribution in [0.25, 0.3) is 9.53 Å². The van der Waals surface area contributed by atoms with Crippen LogP contribution in [-0.4, -0.2) is 4.98 Å². The number of hydrogen-bond acceptors (Lipinski definition) is 3. The van der Waals surface area contributed by atoms with E-state index in [0.717, 1.165) is 9.53 Å². The fourth-order valence-electron chi connectivity index (χ4n) is 0.687. The number of aromatic nitrogens is 1. The first-order valence-electron chi connectivity index (χ1n) is 2.42. The van der Waals surface area contributed by atoms with Gasteiger partial charge in [-0.2, -0.15) is 0 Å². The van der Waals surface area contributed by atoms with Gasteiger partial charge in [0, 0.05) is 0 Å². The summed E-state index contributed by atoms with van der Waals surface area (Å²) in [5.74, 6) is 0. The molecule has 46 valence electrons. The van der Waals surface area contributed by atoms with Gasteiger partial charge in [-0.05, 0) is 11.4 Å². The van der Waals surface area contributed by atoms with E-state index in [9.17, 15) is 4.79 Å². The Balaban J connectivity index is 3.08. The molecule has 1 N–H and O–H groups in total. The summed E-state index contributed by atoms with van der Waals surface area (Å²) in [7, 11) is 0. The maximum absolute atomic E-state index is 10.6. The van der Waals surface area contributed by atoms with Crippen molar-refractivity contribution >= 4 is 32.2 Å². The largest absolute Gasteiger partial charge is 0.311 e. The topological polar surface area (TPSA) is 32.9 Å². The van der Waals surface area contributed by atoms with Crippen molar-refractivity contribution in [2.45, 2.75) is 0 Å². The lowest BCUT2D eigenvalue weighted by molar-refractivity contribution is 1.41. The Kier molecular flexibility index (Phi) is 0.972. The zero-order chi connectivity index (χ0) is 6.27. The molecule has 0 aliphatic rings. The molecule has 0 bridgehead atoms.